The minimum atomic E-state index is -1.38. The number of anilines is 2. The van der Waals surface area contributed by atoms with Gasteiger partial charge in [-0.15, -0.1) is 5.10 Å². The number of carboxylic acid groups (broad SMARTS) is 1. The molecule has 2 amide bonds. The zero-order chi connectivity index (χ0) is 36.4. The highest BCUT2D eigenvalue weighted by molar-refractivity contribution is 6.54. The predicted molar refractivity (Wildman–Crippen MR) is 182 cm³/mol. The zero-order valence-electron chi connectivity index (χ0n) is 28.3. The number of rotatable bonds is 9. The number of hydrogen-bond donors (Lipinski definition) is 1. The number of carbonyl (C=O) groups excluding carboxylic acids is 2. The van der Waals surface area contributed by atoms with Gasteiger partial charge in [0.25, 0.3) is 5.91 Å². The number of fused-ring (bicyclic) bond motifs is 3. The molecule has 15 nitrogen and oxygen atoms in total. The van der Waals surface area contributed by atoms with E-state index in [2.05, 4.69) is 15.5 Å². The van der Waals surface area contributed by atoms with E-state index < -0.39 is 34.5 Å². The van der Waals surface area contributed by atoms with Gasteiger partial charge in [-0.2, -0.15) is 0 Å². The average Bonchev–Trinajstić information content (AvgIpc) is 3.64. The van der Waals surface area contributed by atoms with Crippen molar-refractivity contribution >= 4 is 45.8 Å². The van der Waals surface area contributed by atoms with E-state index in [0.717, 1.165) is 31.7 Å². The molecule has 3 fully saturated rings. The number of methoxy groups -OCH3 is 1. The molecular weight excluding hydrogens is 682 g/mol. The molecule has 0 radical (unpaired) electrons. The maximum atomic E-state index is 16.1. The van der Waals surface area contributed by atoms with Crippen LogP contribution in [0.3, 0.4) is 0 Å². The van der Waals surface area contributed by atoms with Crippen LogP contribution in [-0.4, -0.2) is 93.0 Å². The van der Waals surface area contributed by atoms with Crippen LogP contribution in [0.4, 0.5) is 20.2 Å². The standard InChI is InChI=1S/C35H34F2N8O7/c1-51-33-30-23(32(47)24(35(49)50)15-44(30)21-6-7-21)11-25(37)31(33)41-12-18-4-3-9-43(27(18)16-41)28(46)17-42-13-20(38-40-42)14-45-26-8-5-19(36)10-22(26)29(34(45)48)39-52-2/h5,8,10-11,13,15,18,21,27H,3-4,6-7,9,12,14,16-17H2,1-2H3,(H,49,50)/b39-29+/t18-,27+/m1/s1. The first kappa shape index (κ1) is 33.3. The highest BCUT2D eigenvalue weighted by atomic mass is 19.1. The van der Waals surface area contributed by atoms with Gasteiger partial charge in [-0.3, -0.25) is 14.4 Å². The molecule has 0 unspecified atom stereocenters. The largest absolute Gasteiger partial charge is 0.492 e. The van der Waals surface area contributed by atoms with Gasteiger partial charge in [-0.1, -0.05) is 10.4 Å². The molecule has 2 saturated heterocycles. The first-order valence-electron chi connectivity index (χ1n) is 16.9. The lowest BCUT2D eigenvalue weighted by atomic mass is 9.92. The summed E-state index contributed by atoms with van der Waals surface area (Å²) in [5.74, 6) is -3.09. The van der Waals surface area contributed by atoms with Crippen LogP contribution in [-0.2, 0) is 27.5 Å². The summed E-state index contributed by atoms with van der Waals surface area (Å²) >= 11 is 0. The minimum Gasteiger partial charge on any atom is -0.492 e. The summed E-state index contributed by atoms with van der Waals surface area (Å²) in [6.07, 6.45) is 6.06. The number of ether oxygens (including phenoxy) is 1. The fourth-order valence-electron chi connectivity index (χ4n) is 7.90. The van der Waals surface area contributed by atoms with Crippen molar-refractivity contribution < 1.29 is 37.8 Å². The number of piperidine rings is 1. The first-order valence-corrected chi connectivity index (χ1v) is 16.9. The number of aromatic nitrogens is 4. The maximum Gasteiger partial charge on any atom is 0.341 e. The third-order valence-corrected chi connectivity index (χ3v) is 10.3. The van der Waals surface area contributed by atoms with Gasteiger partial charge in [0.05, 0.1) is 42.5 Å². The monoisotopic (exact) mass is 716 g/mol. The van der Waals surface area contributed by atoms with Gasteiger partial charge in [0.15, 0.2) is 17.3 Å². The van der Waals surface area contributed by atoms with Crippen molar-refractivity contribution in [3.05, 3.63) is 75.3 Å². The SMILES string of the molecule is CO/N=C1/C(=O)N(Cc2cn(CC(=O)N3CCC[C@@H]4CN(c5c(F)cc6c(=O)c(C(=O)O)cn(C7CC7)c6c5OC)C[C@@H]43)nn2)c2ccc(F)cc21. The summed E-state index contributed by atoms with van der Waals surface area (Å²) < 4.78 is 39.0. The smallest absolute Gasteiger partial charge is 0.341 e. The number of benzene rings is 2. The Balaban J connectivity index is 1.02. The molecule has 3 aliphatic heterocycles. The highest BCUT2D eigenvalue weighted by Crippen LogP contribution is 2.45. The van der Waals surface area contributed by atoms with E-state index in [1.807, 2.05) is 4.90 Å². The maximum absolute atomic E-state index is 16.1. The molecule has 2 atom stereocenters. The number of pyridine rings is 1. The summed E-state index contributed by atoms with van der Waals surface area (Å²) in [6, 6.07) is 4.78. The molecule has 4 aliphatic rings. The van der Waals surface area contributed by atoms with Gasteiger partial charge in [0.1, 0.15) is 36.4 Å². The lowest BCUT2D eigenvalue weighted by Gasteiger charge is -2.36. The number of amides is 2. The molecule has 270 valence electrons. The zero-order valence-corrected chi connectivity index (χ0v) is 28.3. The number of hydrogen-bond acceptors (Lipinski definition) is 10. The second-order valence-electron chi connectivity index (χ2n) is 13.5. The van der Waals surface area contributed by atoms with Crippen molar-refractivity contribution in [1.82, 2.24) is 24.5 Å². The number of nitrogens with zero attached hydrogens (tertiary/aromatic N) is 8. The Hall–Kier alpha value is -5.87. The van der Waals surface area contributed by atoms with Crippen molar-refractivity contribution in [2.45, 2.75) is 50.9 Å². The van der Waals surface area contributed by atoms with E-state index in [-0.39, 0.29) is 59.5 Å². The molecule has 4 aromatic rings. The quantitative estimate of drug-likeness (QED) is 0.255. The molecule has 17 heteroatoms. The van der Waals surface area contributed by atoms with E-state index >= 15 is 4.39 Å². The molecule has 1 aliphatic carbocycles. The summed E-state index contributed by atoms with van der Waals surface area (Å²) in [6.45, 7) is 1.16. The van der Waals surface area contributed by atoms with Gasteiger partial charge >= 0.3 is 5.97 Å². The minimum absolute atomic E-state index is 0.00310. The van der Waals surface area contributed by atoms with Crippen LogP contribution >= 0.6 is 0 Å². The van der Waals surface area contributed by atoms with Crippen LogP contribution < -0.4 is 20.0 Å². The molecule has 0 bridgehead atoms. The van der Waals surface area contributed by atoms with Gasteiger partial charge in [0, 0.05) is 37.4 Å². The van der Waals surface area contributed by atoms with E-state index in [0.29, 0.717) is 42.1 Å². The van der Waals surface area contributed by atoms with Gasteiger partial charge < -0.3 is 33.9 Å². The lowest BCUT2D eigenvalue weighted by Crippen LogP contribution is -2.49. The number of carboxylic acids is 1. The number of aromatic carboxylic acids is 1. The third kappa shape index (κ3) is 5.50. The van der Waals surface area contributed by atoms with E-state index in [1.54, 1.807) is 15.7 Å². The van der Waals surface area contributed by atoms with Crippen LogP contribution in [0.2, 0.25) is 0 Å². The number of oxime groups is 1. The van der Waals surface area contributed by atoms with Crippen molar-refractivity contribution in [2.24, 2.45) is 11.1 Å². The first-order chi connectivity index (χ1) is 25.1. The van der Waals surface area contributed by atoms with E-state index in [1.165, 1.54) is 48.2 Å². The van der Waals surface area contributed by atoms with Crippen molar-refractivity contribution in [1.29, 1.82) is 0 Å². The van der Waals surface area contributed by atoms with Gasteiger partial charge in [0.2, 0.25) is 11.3 Å². The average molecular weight is 717 g/mol. The fraction of sp³-hybridized carbons (Fsp3) is 0.400. The summed E-state index contributed by atoms with van der Waals surface area (Å²) in [7, 11) is 2.70. The number of likely N-dealkylation sites (tertiary alicyclic amines) is 1. The number of halogens is 2. The van der Waals surface area contributed by atoms with Crippen molar-refractivity contribution in [2.75, 3.05) is 43.7 Å². The van der Waals surface area contributed by atoms with Crippen molar-refractivity contribution in [3.63, 3.8) is 0 Å². The molecular formula is C35H34F2N8O7. The Bertz CT molecular complexity index is 2250. The Kier molecular flexibility index (Phi) is 8.14. The van der Waals surface area contributed by atoms with E-state index in [9.17, 15) is 28.7 Å². The normalized spacial score (nSPS) is 20.5. The predicted octanol–water partition coefficient (Wildman–Crippen LogP) is 2.94. The number of carbonyl (C=O) groups is 3. The second-order valence-corrected chi connectivity index (χ2v) is 13.5. The Morgan fingerprint density at radius 1 is 1.08 bits per heavy atom. The Morgan fingerprint density at radius 3 is 2.62 bits per heavy atom. The molecule has 8 rings (SSSR count). The van der Waals surface area contributed by atoms with Crippen LogP contribution in [0, 0.1) is 17.6 Å². The molecule has 2 aromatic carbocycles. The van der Waals surface area contributed by atoms with E-state index in [4.69, 9.17) is 9.57 Å². The van der Waals surface area contributed by atoms with Crippen molar-refractivity contribution in [3.8, 4) is 5.75 Å². The Morgan fingerprint density at radius 2 is 1.88 bits per heavy atom. The molecule has 0 spiro atoms. The van der Waals surface area contributed by atoms with Crippen LogP contribution in [0.5, 0.6) is 5.75 Å². The molecule has 52 heavy (non-hydrogen) atoms. The van der Waals surface area contributed by atoms with Gasteiger partial charge in [-0.25, -0.2) is 18.3 Å². The second kappa shape index (κ2) is 12.7. The summed E-state index contributed by atoms with van der Waals surface area (Å²) in [5, 5.41) is 21.7. The van der Waals surface area contributed by atoms with Crippen LogP contribution in [0.15, 0.2) is 46.6 Å². The third-order valence-electron chi connectivity index (χ3n) is 10.3. The lowest BCUT2D eigenvalue weighted by molar-refractivity contribution is -0.136. The molecule has 5 heterocycles. The fourth-order valence-corrected chi connectivity index (χ4v) is 7.90. The van der Waals surface area contributed by atoms with Gasteiger partial charge in [-0.05, 0) is 55.9 Å². The highest BCUT2D eigenvalue weighted by Gasteiger charge is 2.43. The molecule has 2 aromatic heterocycles. The Labute approximate surface area is 294 Å². The topological polar surface area (TPSA) is 165 Å². The molecule has 1 saturated carbocycles. The molecule has 1 N–H and O–H groups in total. The summed E-state index contributed by atoms with van der Waals surface area (Å²) in [4.78, 5) is 61.8. The summed E-state index contributed by atoms with van der Waals surface area (Å²) in [5.41, 5.74) is 0.440. The van der Waals surface area contributed by atoms with Crippen LogP contribution in [0.25, 0.3) is 10.9 Å². The van der Waals surface area contributed by atoms with Crippen LogP contribution in [0.1, 0.15) is 53.3 Å².